The van der Waals surface area contributed by atoms with E-state index in [-0.39, 0.29) is 5.70 Å². The maximum Gasteiger partial charge on any atom is 0.326 e. The quantitative estimate of drug-likeness (QED) is 0.656. The minimum absolute atomic E-state index is 0.248. The summed E-state index contributed by atoms with van der Waals surface area (Å²) in [6.07, 6.45) is 1.68. The van der Waals surface area contributed by atoms with Crippen LogP contribution in [0, 0.1) is 20.8 Å². The molecule has 5 nitrogen and oxygen atoms in total. The first-order chi connectivity index (χ1) is 10.9. The van der Waals surface area contributed by atoms with Gasteiger partial charge in [0.15, 0.2) is 0 Å². The molecule has 2 N–H and O–H groups in total. The molecule has 1 aromatic heterocycles. The predicted octanol–water partition coefficient (Wildman–Crippen LogP) is 3.24. The lowest BCUT2D eigenvalue weighted by Crippen LogP contribution is -2.22. The number of nitrogens with zero attached hydrogens (tertiary/aromatic N) is 1. The van der Waals surface area contributed by atoms with Crippen LogP contribution in [-0.4, -0.2) is 16.5 Å². The van der Waals surface area contributed by atoms with Crippen LogP contribution >= 0.6 is 11.6 Å². The average Bonchev–Trinajstić information content (AvgIpc) is 2.94. The van der Waals surface area contributed by atoms with Gasteiger partial charge in [0.25, 0.3) is 5.91 Å². The number of amides is 3. The number of benzene rings is 1. The largest absolute Gasteiger partial charge is 0.326 e. The summed E-state index contributed by atoms with van der Waals surface area (Å²) in [5.41, 5.74) is 5.09. The van der Waals surface area contributed by atoms with Gasteiger partial charge >= 0.3 is 6.03 Å². The summed E-state index contributed by atoms with van der Waals surface area (Å²) in [6, 6.07) is 7.24. The molecule has 3 amide bonds. The molecule has 0 bridgehead atoms. The molecule has 0 spiro atoms. The van der Waals surface area contributed by atoms with E-state index in [4.69, 9.17) is 11.6 Å². The fraction of sp³-hybridized carbons (Fsp3) is 0.176. The van der Waals surface area contributed by atoms with Crippen molar-refractivity contribution in [1.82, 2.24) is 15.2 Å². The molecule has 2 heterocycles. The molecule has 0 saturated carbocycles. The molecule has 1 aromatic carbocycles. The van der Waals surface area contributed by atoms with Crippen LogP contribution in [0.3, 0.4) is 0 Å². The fourth-order valence-electron chi connectivity index (χ4n) is 2.78. The molecule has 1 aliphatic heterocycles. The fourth-order valence-corrected chi connectivity index (χ4v) is 2.95. The number of nitrogens with one attached hydrogen (secondary N) is 2. The summed E-state index contributed by atoms with van der Waals surface area (Å²) < 4.78 is 2.09. The predicted molar refractivity (Wildman–Crippen MR) is 89.6 cm³/mol. The van der Waals surface area contributed by atoms with Crippen LogP contribution in [0.15, 0.2) is 30.0 Å². The maximum atomic E-state index is 11.7. The summed E-state index contributed by atoms with van der Waals surface area (Å²) in [7, 11) is 0. The number of halogens is 1. The molecular formula is C17H16ClN3O2. The molecule has 1 aliphatic rings. The van der Waals surface area contributed by atoms with Gasteiger partial charge in [-0.15, -0.1) is 0 Å². The van der Waals surface area contributed by atoms with Crippen molar-refractivity contribution in [2.75, 3.05) is 0 Å². The van der Waals surface area contributed by atoms with Crippen molar-refractivity contribution in [1.29, 1.82) is 0 Å². The van der Waals surface area contributed by atoms with Crippen molar-refractivity contribution < 1.29 is 9.59 Å². The number of imide groups is 1. The number of aromatic nitrogens is 1. The second-order valence-corrected chi connectivity index (χ2v) is 5.92. The summed E-state index contributed by atoms with van der Waals surface area (Å²) in [5.74, 6) is -0.418. The number of rotatable bonds is 2. The van der Waals surface area contributed by atoms with Gasteiger partial charge < -0.3 is 9.88 Å². The van der Waals surface area contributed by atoms with Gasteiger partial charge in [0.05, 0.1) is 0 Å². The first-order valence-electron chi connectivity index (χ1n) is 7.17. The summed E-state index contributed by atoms with van der Waals surface area (Å²) in [5, 5.41) is 5.40. The van der Waals surface area contributed by atoms with E-state index in [9.17, 15) is 9.59 Å². The van der Waals surface area contributed by atoms with Gasteiger partial charge in [0, 0.05) is 22.1 Å². The standard InChI is InChI=1S/C17H16ClN3O2/c1-9-7-12(8-14-16(22)20-17(23)19-14)11(3)21(9)15-6-4-5-13(18)10(15)2/h4-8H,1-3H3,(H2,19,20,22,23)/b14-8-. The first kappa shape index (κ1) is 15.4. The SMILES string of the molecule is Cc1c(Cl)cccc1-n1c(C)cc(/C=C2\NC(=O)NC2=O)c1C. The van der Waals surface area contributed by atoms with E-state index in [1.807, 2.05) is 45.0 Å². The lowest BCUT2D eigenvalue weighted by atomic mass is 10.2. The van der Waals surface area contributed by atoms with E-state index >= 15 is 0 Å². The number of urea groups is 1. The van der Waals surface area contributed by atoms with Gasteiger partial charge in [-0.2, -0.15) is 0 Å². The van der Waals surface area contributed by atoms with Crippen LogP contribution in [0.25, 0.3) is 11.8 Å². The third-order valence-electron chi connectivity index (χ3n) is 3.97. The highest BCUT2D eigenvalue weighted by atomic mass is 35.5. The van der Waals surface area contributed by atoms with Gasteiger partial charge in [0.2, 0.25) is 0 Å². The van der Waals surface area contributed by atoms with Gasteiger partial charge in [-0.25, -0.2) is 4.79 Å². The third kappa shape index (κ3) is 2.64. The zero-order chi connectivity index (χ0) is 16.7. The smallest absolute Gasteiger partial charge is 0.318 e. The van der Waals surface area contributed by atoms with Crippen molar-refractivity contribution in [2.45, 2.75) is 20.8 Å². The van der Waals surface area contributed by atoms with Crippen LogP contribution < -0.4 is 10.6 Å². The van der Waals surface area contributed by atoms with E-state index in [1.54, 1.807) is 6.08 Å². The highest BCUT2D eigenvalue weighted by molar-refractivity contribution is 6.31. The summed E-state index contributed by atoms with van der Waals surface area (Å²) in [6.45, 7) is 5.93. The Morgan fingerprint density at radius 2 is 1.87 bits per heavy atom. The van der Waals surface area contributed by atoms with Crippen LogP contribution in [0.4, 0.5) is 4.79 Å². The topological polar surface area (TPSA) is 63.1 Å². The van der Waals surface area contributed by atoms with Crippen molar-refractivity contribution >= 4 is 29.6 Å². The highest BCUT2D eigenvalue weighted by Gasteiger charge is 2.23. The zero-order valence-electron chi connectivity index (χ0n) is 13.0. The van der Waals surface area contributed by atoms with Crippen LogP contribution in [0.5, 0.6) is 0 Å². The minimum atomic E-state index is -0.499. The van der Waals surface area contributed by atoms with Crippen molar-refractivity contribution in [3.63, 3.8) is 0 Å². The average molecular weight is 330 g/mol. The molecule has 118 valence electrons. The van der Waals surface area contributed by atoms with E-state index in [0.29, 0.717) is 5.02 Å². The molecule has 0 radical (unpaired) electrons. The van der Waals surface area contributed by atoms with Gasteiger partial charge in [-0.05, 0) is 56.2 Å². The van der Waals surface area contributed by atoms with Crippen molar-refractivity contribution in [3.05, 3.63) is 57.5 Å². The number of aryl methyl sites for hydroxylation is 1. The van der Waals surface area contributed by atoms with E-state index in [0.717, 1.165) is 28.2 Å². The molecular weight excluding hydrogens is 314 g/mol. The lowest BCUT2D eigenvalue weighted by molar-refractivity contribution is -0.115. The molecule has 3 rings (SSSR count). The summed E-state index contributed by atoms with van der Waals surface area (Å²) >= 11 is 6.22. The van der Waals surface area contributed by atoms with E-state index < -0.39 is 11.9 Å². The Kier molecular flexibility index (Phi) is 3.74. The summed E-state index contributed by atoms with van der Waals surface area (Å²) in [4.78, 5) is 22.9. The van der Waals surface area contributed by atoms with Gasteiger partial charge in [-0.1, -0.05) is 17.7 Å². The Labute approximate surface area is 138 Å². The second-order valence-electron chi connectivity index (χ2n) is 5.51. The van der Waals surface area contributed by atoms with Gasteiger partial charge in [0.1, 0.15) is 5.70 Å². The molecule has 23 heavy (non-hydrogen) atoms. The van der Waals surface area contributed by atoms with Crippen molar-refractivity contribution in [2.24, 2.45) is 0 Å². The molecule has 6 heteroatoms. The number of carbonyl (C=O) groups is 2. The Balaban J connectivity index is 2.11. The molecule has 1 fully saturated rings. The number of hydrogen-bond acceptors (Lipinski definition) is 2. The molecule has 0 atom stereocenters. The van der Waals surface area contributed by atoms with E-state index in [1.165, 1.54) is 0 Å². The Hall–Kier alpha value is -2.53. The maximum absolute atomic E-state index is 11.7. The van der Waals surface area contributed by atoms with Gasteiger partial charge in [-0.3, -0.25) is 10.1 Å². The zero-order valence-corrected chi connectivity index (χ0v) is 13.8. The molecule has 2 aromatic rings. The van der Waals surface area contributed by atoms with Crippen LogP contribution in [-0.2, 0) is 4.79 Å². The Morgan fingerprint density at radius 3 is 2.52 bits per heavy atom. The molecule has 0 unspecified atom stereocenters. The first-order valence-corrected chi connectivity index (χ1v) is 7.54. The normalized spacial score (nSPS) is 15.9. The Bertz CT molecular complexity index is 865. The second kappa shape index (κ2) is 5.59. The van der Waals surface area contributed by atoms with E-state index in [2.05, 4.69) is 15.2 Å². The highest BCUT2D eigenvalue weighted by Crippen LogP contribution is 2.28. The van der Waals surface area contributed by atoms with Crippen molar-refractivity contribution in [3.8, 4) is 5.69 Å². The third-order valence-corrected chi connectivity index (χ3v) is 4.38. The van der Waals surface area contributed by atoms with Crippen LogP contribution in [0.2, 0.25) is 5.02 Å². The monoisotopic (exact) mass is 329 g/mol. The lowest BCUT2D eigenvalue weighted by Gasteiger charge is -2.13. The molecule has 1 saturated heterocycles. The number of hydrogen-bond donors (Lipinski definition) is 2. The molecule has 0 aliphatic carbocycles. The minimum Gasteiger partial charge on any atom is -0.318 e. The van der Waals surface area contributed by atoms with Crippen LogP contribution in [0.1, 0.15) is 22.5 Å². The number of carbonyl (C=O) groups excluding carboxylic acids is 2. The Morgan fingerprint density at radius 1 is 1.13 bits per heavy atom.